The molecule has 0 atom stereocenters. The highest BCUT2D eigenvalue weighted by Gasteiger charge is 2.13. The molecular weight excluding hydrogens is 290 g/mol. The van der Waals surface area contributed by atoms with Gasteiger partial charge in [-0.2, -0.15) is 4.98 Å². The van der Waals surface area contributed by atoms with Crippen LogP contribution < -0.4 is 15.0 Å². The van der Waals surface area contributed by atoms with Gasteiger partial charge in [0.1, 0.15) is 0 Å². The molecule has 0 aliphatic rings. The molecule has 0 aliphatic carbocycles. The van der Waals surface area contributed by atoms with E-state index in [4.69, 9.17) is 4.74 Å². The monoisotopic (exact) mass is 309 g/mol. The summed E-state index contributed by atoms with van der Waals surface area (Å²) >= 11 is 3.38. The summed E-state index contributed by atoms with van der Waals surface area (Å²) in [5, 5.41) is 4.41. The van der Waals surface area contributed by atoms with Crippen LogP contribution in [0.15, 0.2) is 29.2 Å². The number of nitrogens with one attached hydrogen (secondary N) is 1. The van der Waals surface area contributed by atoms with Crippen molar-refractivity contribution in [1.29, 1.82) is 0 Å². The van der Waals surface area contributed by atoms with Gasteiger partial charge >= 0.3 is 0 Å². The normalized spacial score (nSPS) is 10.4. The first-order chi connectivity index (χ1) is 9.65. The number of thiazole rings is 1. The zero-order valence-electron chi connectivity index (χ0n) is 12.1. The van der Waals surface area contributed by atoms with E-state index in [1.54, 1.807) is 30.2 Å². The number of thioether (sulfide) groups is 1. The molecule has 0 saturated carbocycles. The molecule has 0 bridgehead atoms. The van der Waals surface area contributed by atoms with Crippen LogP contribution in [-0.2, 0) is 6.54 Å². The average Bonchev–Trinajstić information content (AvgIpc) is 2.89. The van der Waals surface area contributed by atoms with E-state index in [2.05, 4.69) is 34.8 Å². The molecule has 0 saturated heterocycles. The quantitative estimate of drug-likeness (QED) is 0.826. The number of para-hydroxylation sites is 1. The van der Waals surface area contributed by atoms with Crippen molar-refractivity contribution in [2.45, 2.75) is 11.4 Å². The Bertz CT molecular complexity index is 569. The van der Waals surface area contributed by atoms with Crippen LogP contribution in [0.25, 0.3) is 0 Å². The highest BCUT2D eigenvalue weighted by atomic mass is 32.2. The van der Waals surface area contributed by atoms with Gasteiger partial charge < -0.3 is 15.0 Å². The minimum Gasteiger partial charge on any atom is -0.480 e. The van der Waals surface area contributed by atoms with Crippen LogP contribution in [0.5, 0.6) is 5.88 Å². The van der Waals surface area contributed by atoms with Gasteiger partial charge in [0.15, 0.2) is 5.13 Å². The molecule has 1 heterocycles. The van der Waals surface area contributed by atoms with E-state index in [9.17, 15) is 0 Å². The van der Waals surface area contributed by atoms with Crippen molar-refractivity contribution in [3.63, 3.8) is 0 Å². The lowest BCUT2D eigenvalue weighted by atomic mass is 10.3. The predicted molar refractivity (Wildman–Crippen MR) is 88.5 cm³/mol. The second-order valence-corrected chi connectivity index (χ2v) is 6.29. The standard InChI is InChI=1S/C14H19N3OS2/c1-17(2)14-16-13(18-3)12(20-14)9-15-10-7-5-6-8-11(10)19-4/h5-8,15H,9H2,1-4H3. The molecule has 4 nitrogen and oxygen atoms in total. The van der Waals surface area contributed by atoms with E-state index in [0.29, 0.717) is 12.4 Å². The van der Waals surface area contributed by atoms with Crippen molar-refractivity contribution >= 4 is 33.9 Å². The minimum atomic E-state index is 0.702. The SMILES string of the molecule is COc1nc(N(C)C)sc1CNc1ccccc1SC. The van der Waals surface area contributed by atoms with E-state index in [0.717, 1.165) is 15.7 Å². The molecule has 0 fully saturated rings. The number of nitrogens with zero attached hydrogens (tertiary/aromatic N) is 2. The Balaban J connectivity index is 2.14. The summed E-state index contributed by atoms with van der Waals surface area (Å²) < 4.78 is 5.35. The highest BCUT2D eigenvalue weighted by Crippen LogP contribution is 2.32. The van der Waals surface area contributed by atoms with Gasteiger partial charge in [-0.3, -0.25) is 0 Å². The summed E-state index contributed by atoms with van der Waals surface area (Å²) in [6.07, 6.45) is 2.08. The number of hydrogen-bond donors (Lipinski definition) is 1. The Morgan fingerprint density at radius 1 is 1.35 bits per heavy atom. The summed E-state index contributed by atoms with van der Waals surface area (Å²) in [6.45, 7) is 0.715. The van der Waals surface area contributed by atoms with E-state index >= 15 is 0 Å². The largest absolute Gasteiger partial charge is 0.480 e. The lowest BCUT2D eigenvalue weighted by molar-refractivity contribution is 0.397. The van der Waals surface area contributed by atoms with Crippen molar-refractivity contribution in [1.82, 2.24) is 4.98 Å². The molecule has 0 radical (unpaired) electrons. The Morgan fingerprint density at radius 3 is 2.75 bits per heavy atom. The molecule has 1 aromatic heterocycles. The van der Waals surface area contributed by atoms with Crippen molar-refractivity contribution < 1.29 is 4.74 Å². The number of anilines is 2. The van der Waals surface area contributed by atoms with E-state index in [1.807, 2.05) is 25.1 Å². The molecule has 2 aromatic rings. The average molecular weight is 309 g/mol. The summed E-state index contributed by atoms with van der Waals surface area (Å²) in [6, 6.07) is 8.29. The molecular formula is C14H19N3OS2. The second-order valence-electron chi connectivity index (χ2n) is 4.38. The Morgan fingerprint density at radius 2 is 2.10 bits per heavy atom. The summed E-state index contributed by atoms with van der Waals surface area (Å²) in [5.74, 6) is 0.702. The van der Waals surface area contributed by atoms with Crippen LogP contribution in [-0.4, -0.2) is 32.4 Å². The van der Waals surface area contributed by atoms with Gasteiger partial charge in [0.25, 0.3) is 0 Å². The first kappa shape index (κ1) is 15.0. The molecule has 6 heteroatoms. The number of aromatic nitrogens is 1. The second kappa shape index (κ2) is 6.85. The third-order valence-electron chi connectivity index (χ3n) is 2.77. The maximum absolute atomic E-state index is 5.35. The maximum Gasteiger partial charge on any atom is 0.231 e. The Hall–Kier alpha value is -1.40. The zero-order chi connectivity index (χ0) is 14.5. The van der Waals surface area contributed by atoms with Crippen LogP contribution in [0.2, 0.25) is 0 Å². The van der Waals surface area contributed by atoms with Gasteiger partial charge in [-0.1, -0.05) is 23.5 Å². The third-order valence-corrected chi connectivity index (χ3v) is 4.77. The fraction of sp³-hybridized carbons (Fsp3) is 0.357. The lowest BCUT2D eigenvalue weighted by Crippen LogP contribution is -2.07. The van der Waals surface area contributed by atoms with Crippen LogP contribution in [0.3, 0.4) is 0 Å². The molecule has 0 unspecified atom stereocenters. The smallest absolute Gasteiger partial charge is 0.231 e. The van der Waals surface area contributed by atoms with Crippen LogP contribution >= 0.6 is 23.1 Å². The third kappa shape index (κ3) is 3.37. The number of benzene rings is 1. The zero-order valence-corrected chi connectivity index (χ0v) is 13.8. The van der Waals surface area contributed by atoms with Crippen LogP contribution in [0, 0.1) is 0 Å². The maximum atomic E-state index is 5.35. The molecule has 1 N–H and O–H groups in total. The number of ether oxygens (including phenoxy) is 1. The van der Waals surface area contributed by atoms with Crippen molar-refractivity contribution in [3.05, 3.63) is 29.1 Å². The molecule has 20 heavy (non-hydrogen) atoms. The molecule has 0 aliphatic heterocycles. The van der Waals surface area contributed by atoms with Crippen molar-refractivity contribution in [3.8, 4) is 5.88 Å². The summed E-state index contributed by atoms with van der Waals surface area (Å²) in [7, 11) is 5.63. The highest BCUT2D eigenvalue weighted by molar-refractivity contribution is 7.98. The summed E-state index contributed by atoms with van der Waals surface area (Å²) in [4.78, 5) is 8.80. The first-order valence-electron chi connectivity index (χ1n) is 6.23. The van der Waals surface area contributed by atoms with Gasteiger partial charge in [0.05, 0.1) is 18.5 Å². The van der Waals surface area contributed by atoms with E-state index in [-0.39, 0.29) is 0 Å². The Kier molecular flexibility index (Phi) is 5.14. The van der Waals surface area contributed by atoms with Gasteiger partial charge in [0.2, 0.25) is 5.88 Å². The molecule has 108 valence electrons. The fourth-order valence-electron chi connectivity index (χ4n) is 1.75. The number of hydrogen-bond acceptors (Lipinski definition) is 6. The molecule has 1 aromatic carbocycles. The minimum absolute atomic E-state index is 0.702. The van der Waals surface area contributed by atoms with Gasteiger partial charge in [-0.25, -0.2) is 0 Å². The van der Waals surface area contributed by atoms with Gasteiger partial charge in [-0.05, 0) is 18.4 Å². The van der Waals surface area contributed by atoms with E-state index < -0.39 is 0 Å². The number of rotatable bonds is 6. The van der Waals surface area contributed by atoms with Crippen LogP contribution in [0.1, 0.15) is 4.88 Å². The van der Waals surface area contributed by atoms with Gasteiger partial charge in [0, 0.05) is 24.7 Å². The lowest BCUT2D eigenvalue weighted by Gasteiger charge is -2.09. The predicted octanol–water partition coefficient (Wildman–Crippen LogP) is 3.55. The van der Waals surface area contributed by atoms with Gasteiger partial charge in [-0.15, -0.1) is 11.8 Å². The van der Waals surface area contributed by atoms with Crippen molar-refractivity contribution in [2.75, 3.05) is 37.7 Å². The molecule has 2 rings (SSSR count). The molecule has 0 amide bonds. The molecule has 0 spiro atoms. The number of methoxy groups -OCH3 is 1. The first-order valence-corrected chi connectivity index (χ1v) is 8.27. The Labute approximate surface area is 128 Å². The van der Waals surface area contributed by atoms with Crippen LogP contribution in [0.4, 0.5) is 10.8 Å². The van der Waals surface area contributed by atoms with Crippen molar-refractivity contribution in [2.24, 2.45) is 0 Å². The fourth-order valence-corrected chi connectivity index (χ4v) is 3.22. The topological polar surface area (TPSA) is 37.4 Å². The summed E-state index contributed by atoms with van der Waals surface area (Å²) in [5.41, 5.74) is 1.14. The van der Waals surface area contributed by atoms with E-state index in [1.165, 1.54) is 4.90 Å².